The Balaban J connectivity index is 2.40. The van der Waals surface area contributed by atoms with E-state index in [0.29, 0.717) is 0 Å². The molecule has 0 aliphatic rings. The molecule has 0 fully saturated rings. The van der Waals surface area contributed by atoms with Gasteiger partial charge in [0, 0.05) is 17.4 Å². The zero-order valence-corrected chi connectivity index (χ0v) is 10.7. The summed E-state index contributed by atoms with van der Waals surface area (Å²) in [6, 6.07) is 10.1. The normalized spacial score (nSPS) is 12.4. The first kappa shape index (κ1) is 12.1. The number of nitrogens with zero attached hydrogens (tertiary/aromatic N) is 1. The third-order valence-corrected chi connectivity index (χ3v) is 3.13. The lowest BCUT2D eigenvalue weighted by Crippen LogP contribution is -2.18. The minimum Gasteiger partial charge on any atom is -0.309 e. The Morgan fingerprint density at radius 3 is 2.47 bits per heavy atom. The van der Waals surface area contributed by atoms with E-state index in [4.69, 9.17) is 11.6 Å². The van der Waals surface area contributed by atoms with E-state index in [2.05, 4.69) is 17.2 Å². The van der Waals surface area contributed by atoms with E-state index in [0.717, 1.165) is 5.02 Å². The first-order valence-electron chi connectivity index (χ1n) is 5.55. The molecule has 0 radical (unpaired) electrons. The van der Waals surface area contributed by atoms with Crippen LogP contribution in [0.4, 0.5) is 0 Å². The Morgan fingerprint density at radius 2 is 1.88 bits per heavy atom. The fourth-order valence-electron chi connectivity index (χ4n) is 1.94. The summed E-state index contributed by atoms with van der Waals surface area (Å²) in [6.45, 7) is 2.09. The van der Waals surface area contributed by atoms with Crippen molar-refractivity contribution in [1.29, 1.82) is 0 Å². The standard InChI is InChI=1S/C14H15ClN2/c1-10-7-8-17-9-13(10)14(16-2)11-3-5-12(15)6-4-11/h3-9,14,16H,1-2H3. The molecule has 0 bridgehead atoms. The molecule has 0 spiro atoms. The second-order valence-corrected chi connectivity index (χ2v) is 4.44. The summed E-state index contributed by atoms with van der Waals surface area (Å²) in [4.78, 5) is 4.19. The number of hydrogen-bond acceptors (Lipinski definition) is 2. The highest BCUT2D eigenvalue weighted by Crippen LogP contribution is 2.24. The van der Waals surface area contributed by atoms with Gasteiger partial charge in [0.2, 0.25) is 0 Å². The van der Waals surface area contributed by atoms with E-state index in [1.807, 2.05) is 49.8 Å². The largest absolute Gasteiger partial charge is 0.309 e. The van der Waals surface area contributed by atoms with Gasteiger partial charge < -0.3 is 5.32 Å². The number of hydrogen-bond donors (Lipinski definition) is 1. The van der Waals surface area contributed by atoms with Crippen LogP contribution >= 0.6 is 11.6 Å². The molecule has 0 aliphatic heterocycles. The summed E-state index contributed by atoms with van der Waals surface area (Å²) in [6.07, 6.45) is 3.72. The van der Waals surface area contributed by atoms with Crippen molar-refractivity contribution in [2.75, 3.05) is 7.05 Å². The third-order valence-electron chi connectivity index (χ3n) is 2.88. The van der Waals surface area contributed by atoms with Crippen molar-refractivity contribution in [1.82, 2.24) is 10.3 Å². The highest BCUT2D eigenvalue weighted by atomic mass is 35.5. The predicted molar refractivity (Wildman–Crippen MR) is 71.3 cm³/mol. The highest BCUT2D eigenvalue weighted by Gasteiger charge is 2.13. The van der Waals surface area contributed by atoms with Gasteiger partial charge in [-0.1, -0.05) is 23.7 Å². The summed E-state index contributed by atoms with van der Waals surface area (Å²) in [5.41, 5.74) is 3.61. The number of aromatic nitrogens is 1. The fraction of sp³-hybridized carbons (Fsp3) is 0.214. The quantitative estimate of drug-likeness (QED) is 0.899. The lowest BCUT2D eigenvalue weighted by atomic mass is 9.97. The maximum Gasteiger partial charge on any atom is 0.0592 e. The summed E-state index contributed by atoms with van der Waals surface area (Å²) in [7, 11) is 1.95. The Bertz CT molecular complexity index is 494. The molecule has 1 N–H and O–H groups in total. The number of pyridine rings is 1. The highest BCUT2D eigenvalue weighted by molar-refractivity contribution is 6.30. The Kier molecular flexibility index (Phi) is 3.77. The van der Waals surface area contributed by atoms with Gasteiger partial charge in [-0.25, -0.2) is 0 Å². The first-order valence-corrected chi connectivity index (χ1v) is 5.93. The summed E-state index contributed by atoms with van der Waals surface area (Å²) in [5.74, 6) is 0. The van der Waals surface area contributed by atoms with E-state index in [1.54, 1.807) is 0 Å². The van der Waals surface area contributed by atoms with Crippen LogP contribution in [0, 0.1) is 6.92 Å². The van der Waals surface area contributed by atoms with Crippen LogP contribution in [0.5, 0.6) is 0 Å². The predicted octanol–water partition coefficient (Wildman–Crippen LogP) is 3.35. The van der Waals surface area contributed by atoms with Crippen LogP contribution in [0.3, 0.4) is 0 Å². The van der Waals surface area contributed by atoms with Crippen LogP contribution in [0.25, 0.3) is 0 Å². The van der Waals surface area contributed by atoms with Crippen molar-refractivity contribution in [3.05, 3.63) is 64.4 Å². The van der Waals surface area contributed by atoms with Gasteiger partial charge in [-0.05, 0) is 48.9 Å². The molecule has 0 saturated heterocycles. The molecule has 1 unspecified atom stereocenters. The second kappa shape index (κ2) is 5.30. The minimum atomic E-state index is 0.154. The number of benzene rings is 1. The van der Waals surface area contributed by atoms with Crippen molar-refractivity contribution in [3.63, 3.8) is 0 Å². The van der Waals surface area contributed by atoms with Crippen LogP contribution in [-0.2, 0) is 0 Å². The first-order chi connectivity index (χ1) is 8.22. The molecule has 1 aromatic heterocycles. The van der Waals surface area contributed by atoms with Gasteiger partial charge in [0.15, 0.2) is 0 Å². The average molecular weight is 247 g/mol. The molecule has 17 heavy (non-hydrogen) atoms. The van der Waals surface area contributed by atoms with Crippen molar-refractivity contribution in [3.8, 4) is 0 Å². The van der Waals surface area contributed by atoms with Gasteiger partial charge in [0.1, 0.15) is 0 Å². The molecule has 0 aliphatic carbocycles. The van der Waals surface area contributed by atoms with E-state index < -0.39 is 0 Å². The van der Waals surface area contributed by atoms with Crippen LogP contribution in [0.1, 0.15) is 22.7 Å². The summed E-state index contributed by atoms with van der Waals surface area (Å²) >= 11 is 5.90. The van der Waals surface area contributed by atoms with Crippen molar-refractivity contribution in [2.45, 2.75) is 13.0 Å². The second-order valence-electron chi connectivity index (χ2n) is 4.01. The van der Waals surface area contributed by atoms with Gasteiger partial charge in [0.05, 0.1) is 6.04 Å². The smallest absolute Gasteiger partial charge is 0.0592 e. The summed E-state index contributed by atoms with van der Waals surface area (Å²) in [5, 5.41) is 4.07. The SMILES string of the molecule is CNC(c1ccc(Cl)cc1)c1cnccc1C. The topological polar surface area (TPSA) is 24.9 Å². The number of halogens is 1. The summed E-state index contributed by atoms with van der Waals surface area (Å²) < 4.78 is 0. The Hall–Kier alpha value is -1.38. The molecule has 2 nitrogen and oxygen atoms in total. The van der Waals surface area contributed by atoms with Gasteiger partial charge in [0.25, 0.3) is 0 Å². The number of nitrogens with one attached hydrogen (secondary N) is 1. The minimum absolute atomic E-state index is 0.154. The maximum atomic E-state index is 5.90. The molecular weight excluding hydrogens is 232 g/mol. The van der Waals surface area contributed by atoms with E-state index >= 15 is 0 Å². The van der Waals surface area contributed by atoms with Gasteiger partial charge in [-0.2, -0.15) is 0 Å². The van der Waals surface area contributed by atoms with Gasteiger partial charge >= 0.3 is 0 Å². The average Bonchev–Trinajstić information content (AvgIpc) is 2.35. The third kappa shape index (κ3) is 2.65. The molecule has 2 rings (SSSR count). The molecule has 0 saturated carbocycles. The maximum absolute atomic E-state index is 5.90. The molecule has 88 valence electrons. The Labute approximate surface area is 107 Å². The molecule has 1 atom stereocenters. The van der Waals surface area contributed by atoms with E-state index in [9.17, 15) is 0 Å². The van der Waals surface area contributed by atoms with Crippen LogP contribution in [-0.4, -0.2) is 12.0 Å². The monoisotopic (exact) mass is 246 g/mol. The van der Waals surface area contributed by atoms with Crippen LogP contribution < -0.4 is 5.32 Å². The van der Waals surface area contributed by atoms with Crippen molar-refractivity contribution >= 4 is 11.6 Å². The molecule has 0 amide bonds. The zero-order valence-electron chi connectivity index (χ0n) is 9.94. The zero-order chi connectivity index (χ0) is 12.3. The van der Waals surface area contributed by atoms with E-state index in [-0.39, 0.29) is 6.04 Å². The molecule has 3 heteroatoms. The molecule has 1 aromatic carbocycles. The number of aryl methyl sites for hydroxylation is 1. The van der Waals surface area contributed by atoms with Crippen molar-refractivity contribution < 1.29 is 0 Å². The van der Waals surface area contributed by atoms with Gasteiger partial charge in [-0.3, -0.25) is 4.98 Å². The fourth-order valence-corrected chi connectivity index (χ4v) is 2.06. The molecular formula is C14H15ClN2. The van der Waals surface area contributed by atoms with Gasteiger partial charge in [-0.15, -0.1) is 0 Å². The molecule has 1 heterocycles. The lowest BCUT2D eigenvalue weighted by Gasteiger charge is -2.18. The van der Waals surface area contributed by atoms with Crippen LogP contribution in [0.15, 0.2) is 42.7 Å². The molecule has 2 aromatic rings. The van der Waals surface area contributed by atoms with Crippen LogP contribution in [0.2, 0.25) is 5.02 Å². The van der Waals surface area contributed by atoms with Crippen molar-refractivity contribution in [2.24, 2.45) is 0 Å². The lowest BCUT2D eigenvalue weighted by molar-refractivity contribution is 0.684. The Morgan fingerprint density at radius 1 is 1.18 bits per heavy atom. The van der Waals surface area contributed by atoms with E-state index in [1.165, 1.54) is 16.7 Å². The number of rotatable bonds is 3.